The van der Waals surface area contributed by atoms with E-state index in [-0.39, 0.29) is 24.2 Å². The number of benzene rings is 1. The molecule has 0 bridgehead atoms. The fourth-order valence-corrected chi connectivity index (χ4v) is 5.61. The molecule has 1 N–H and O–H groups in total. The van der Waals surface area contributed by atoms with Gasteiger partial charge in [-0.1, -0.05) is 23.9 Å². The summed E-state index contributed by atoms with van der Waals surface area (Å²) in [6.45, 7) is 2.10. The van der Waals surface area contributed by atoms with Crippen LogP contribution < -0.4 is 5.32 Å². The Hall–Kier alpha value is -3.28. The number of imidazole rings is 1. The van der Waals surface area contributed by atoms with E-state index in [2.05, 4.69) is 20.8 Å². The molecule has 0 radical (unpaired) electrons. The summed E-state index contributed by atoms with van der Waals surface area (Å²) in [5.74, 6) is 0.509. The summed E-state index contributed by atoms with van der Waals surface area (Å²) in [5, 5.41) is 13.1. The van der Waals surface area contributed by atoms with Crippen LogP contribution in [0.25, 0.3) is 11.7 Å². The lowest BCUT2D eigenvalue weighted by Gasteiger charge is -2.32. The zero-order valence-electron chi connectivity index (χ0n) is 19.1. The lowest BCUT2D eigenvalue weighted by molar-refractivity contribution is -0.116. The van der Waals surface area contributed by atoms with Crippen molar-refractivity contribution in [2.45, 2.75) is 30.7 Å². The van der Waals surface area contributed by atoms with Crippen LogP contribution in [-0.4, -0.2) is 45.7 Å². The summed E-state index contributed by atoms with van der Waals surface area (Å²) in [5.41, 5.74) is 2.90. The molecule has 2 aliphatic rings. The number of thioether (sulfide) groups is 1. The monoisotopic (exact) mass is 507 g/mol. The third kappa shape index (κ3) is 5.37. The standard InChI is InChI=1S/C26H25N5O2S.ClH/c27-16-19-4-1-6-20(14-19)26(33)30-12-9-18(10-13-30)5-3-11-28-25(32)22-15-21-17-29-23-7-2-8-24(34-22)31(21)23;/h1-2,4,6-8,14-15,17-18H,3,5,9-13H2,(H,28,32);1H. The fraction of sp³-hybridized carbons (Fsp3) is 0.308. The van der Waals surface area contributed by atoms with Gasteiger partial charge < -0.3 is 10.2 Å². The maximum atomic E-state index is 12.7. The molecule has 7 nitrogen and oxygen atoms in total. The molecule has 1 aromatic carbocycles. The Bertz CT molecular complexity index is 1320. The van der Waals surface area contributed by atoms with E-state index in [4.69, 9.17) is 5.26 Å². The van der Waals surface area contributed by atoms with Gasteiger partial charge in [0.1, 0.15) is 5.65 Å². The number of amides is 2. The van der Waals surface area contributed by atoms with E-state index in [1.165, 1.54) is 11.8 Å². The minimum absolute atomic E-state index is 0. The number of hydrogen-bond acceptors (Lipinski definition) is 5. The first kappa shape index (κ1) is 24.8. The van der Waals surface area contributed by atoms with Crippen LogP contribution in [0, 0.1) is 17.2 Å². The number of nitrogens with one attached hydrogen (secondary N) is 1. The van der Waals surface area contributed by atoms with Crippen molar-refractivity contribution in [3.8, 4) is 6.07 Å². The molecule has 5 rings (SSSR count). The van der Waals surface area contributed by atoms with Crippen molar-refractivity contribution >= 4 is 47.7 Å². The lowest BCUT2D eigenvalue weighted by Crippen LogP contribution is -2.38. The van der Waals surface area contributed by atoms with Crippen LogP contribution in [0.1, 0.15) is 47.3 Å². The van der Waals surface area contributed by atoms with Gasteiger partial charge in [0, 0.05) is 25.2 Å². The Morgan fingerprint density at radius 3 is 2.77 bits per heavy atom. The van der Waals surface area contributed by atoms with Gasteiger partial charge in [-0.15, -0.1) is 12.4 Å². The molecule has 2 aliphatic heterocycles. The first-order valence-corrected chi connectivity index (χ1v) is 12.4. The number of rotatable bonds is 6. The Labute approximate surface area is 214 Å². The van der Waals surface area contributed by atoms with Crippen molar-refractivity contribution in [2.75, 3.05) is 19.6 Å². The van der Waals surface area contributed by atoms with Crippen LogP contribution in [0.2, 0.25) is 0 Å². The van der Waals surface area contributed by atoms with E-state index < -0.39 is 0 Å². The second-order valence-corrected chi connectivity index (χ2v) is 9.74. The average molecular weight is 508 g/mol. The molecule has 2 amide bonds. The quantitative estimate of drug-likeness (QED) is 0.495. The first-order chi connectivity index (χ1) is 16.6. The van der Waals surface area contributed by atoms with Gasteiger partial charge in [-0.3, -0.25) is 14.0 Å². The largest absolute Gasteiger partial charge is 0.352 e. The number of likely N-dealkylation sites (tertiary alicyclic amines) is 1. The van der Waals surface area contributed by atoms with Crippen molar-refractivity contribution in [2.24, 2.45) is 5.92 Å². The maximum Gasteiger partial charge on any atom is 0.258 e. The lowest BCUT2D eigenvalue weighted by atomic mass is 9.92. The Morgan fingerprint density at radius 1 is 1.17 bits per heavy atom. The maximum absolute atomic E-state index is 12.7. The summed E-state index contributed by atoms with van der Waals surface area (Å²) in [6.07, 6.45) is 7.57. The molecule has 0 aliphatic carbocycles. The summed E-state index contributed by atoms with van der Waals surface area (Å²) >= 11 is 1.47. The van der Waals surface area contributed by atoms with Crippen LogP contribution in [0.5, 0.6) is 0 Å². The van der Waals surface area contributed by atoms with Gasteiger partial charge in [-0.05, 0) is 68.0 Å². The van der Waals surface area contributed by atoms with Crippen LogP contribution in [0.3, 0.4) is 0 Å². The van der Waals surface area contributed by atoms with E-state index in [9.17, 15) is 9.59 Å². The van der Waals surface area contributed by atoms with Gasteiger partial charge in [-0.25, -0.2) is 4.98 Å². The smallest absolute Gasteiger partial charge is 0.258 e. The second-order valence-electron chi connectivity index (χ2n) is 8.68. The molecular formula is C26H26ClN5O2S. The minimum Gasteiger partial charge on any atom is -0.352 e. The van der Waals surface area contributed by atoms with Crippen molar-refractivity contribution in [3.05, 3.63) is 70.4 Å². The van der Waals surface area contributed by atoms with Crippen LogP contribution in [-0.2, 0) is 4.79 Å². The predicted molar refractivity (Wildman–Crippen MR) is 138 cm³/mol. The number of halogens is 1. The van der Waals surface area contributed by atoms with Gasteiger partial charge in [-0.2, -0.15) is 5.26 Å². The van der Waals surface area contributed by atoms with E-state index in [0.717, 1.165) is 55.1 Å². The van der Waals surface area contributed by atoms with Crippen molar-refractivity contribution < 1.29 is 9.59 Å². The molecule has 9 heteroatoms. The molecule has 3 aromatic rings. The summed E-state index contributed by atoms with van der Waals surface area (Å²) in [6, 6.07) is 14.9. The molecule has 1 saturated heterocycles. The van der Waals surface area contributed by atoms with Gasteiger partial charge in [0.15, 0.2) is 0 Å². The molecule has 180 valence electrons. The van der Waals surface area contributed by atoms with Crippen LogP contribution in [0.15, 0.2) is 58.6 Å². The molecule has 2 aromatic heterocycles. The molecule has 0 saturated carbocycles. The number of pyridine rings is 1. The third-order valence-electron chi connectivity index (χ3n) is 6.45. The van der Waals surface area contributed by atoms with Gasteiger partial charge in [0.2, 0.25) is 0 Å². The highest BCUT2D eigenvalue weighted by Crippen LogP contribution is 2.34. The van der Waals surface area contributed by atoms with Crippen molar-refractivity contribution in [3.63, 3.8) is 0 Å². The fourth-order valence-electron chi connectivity index (χ4n) is 4.61. The Morgan fingerprint density at radius 2 is 1.97 bits per heavy atom. The zero-order chi connectivity index (χ0) is 23.5. The van der Waals surface area contributed by atoms with Gasteiger partial charge in [0.05, 0.1) is 33.5 Å². The predicted octanol–water partition coefficient (Wildman–Crippen LogP) is 4.52. The Balaban J connectivity index is 0.00000289. The topological polar surface area (TPSA) is 90.5 Å². The molecule has 1 fully saturated rings. The highest BCUT2D eigenvalue weighted by molar-refractivity contribution is 8.04. The number of carbonyl (C=O) groups excluding carboxylic acids is 2. The summed E-state index contributed by atoms with van der Waals surface area (Å²) < 4.78 is 2.05. The normalized spacial score (nSPS) is 15.2. The number of piperidine rings is 1. The summed E-state index contributed by atoms with van der Waals surface area (Å²) in [7, 11) is 0. The number of hydrogen-bond donors (Lipinski definition) is 1. The molecule has 0 atom stereocenters. The molecule has 0 unspecified atom stereocenters. The van der Waals surface area contributed by atoms with Crippen LogP contribution in [0.4, 0.5) is 0 Å². The first-order valence-electron chi connectivity index (χ1n) is 11.6. The second kappa shape index (κ2) is 11.0. The zero-order valence-corrected chi connectivity index (χ0v) is 20.8. The number of nitrogens with zero attached hydrogens (tertiary/aromatic N) is 4. The molecule has 4 heterocycles. The number of nitriles is 1. The van der Waals surface area contributed by atoms with Gasteiger partial charge in [0.25, 0.3) is 11.8 Å². The Kier molecular flexibility index (Phi) is 7.79. The van der Waals surface area contributed by atoms with E-state index in [1.807, 2.05) is 29.2 Å². The molecular weight excluding hydrogens is 482 g/mol. The average Bonchev–Trinajstić information content (AvgIpc) is 3.31. The number of aromatic nitrogens is 2. The summed E-state index contributed by atoms with van der Waals surface area (Å²) in [4.78, 5) is 32.4. The van der Waals surface area contributed by atoms with E-state index >= 15 is 0 Å². The third-order valence-corrected chi connectivity index (χ3v) is 7.50. The SMILES string of the molecule is Cl.N#Cc1cccc(C(=O)N2CCC(CCCNC(=O)C3=Cc4cnc5cccc(n45)S3)CC2)c1. The molecule has 0 spiro atoms. The minimum atomic E-state index is -0.0468. The van der Waals surface area contributed by atoms with E-state index in [1.54, 1.807) is 30.5 Å². The van der Waals surface area contributed by atoms with Crippen molar-refractivity contribution in [1.29, 1.82) is 5.26 Å². The van der Waals surface area contributed by atoms with Crippen molar-refractivity contribution in [1.82, 2.24) is 19.6 Å². The van der Waals surface area contributed by atoms with E-state index in [0.29, 0.717) is 28.5 Å². The molecule has 35 heavy (non-hydrogen) atoms. The number of carbonyl (C=O) groups is 2. The highest BCUT2D eigenvalue weighted by Gasteiger charge is 2.24. The van der Waals surface area contributed by atoms with Crippen LogP contribution >= 0.6 is 24.2 Å². The van der Waals surface area contributed by atoms with Gasteiger partial charge >= 0.3 is 0 Å². The highest BCUT2D eigenvalue weighted by atomic mass is 35.5.